The zero-order valence-corrected chi connectivity index (χ0v) is 13.0. The van der Waals surface area contributed by atoms with Crippen molar-refractivity contribution in [1.29, 1.82) is 0 Å². The van der Waals surface area contributed by atoms with Gasteiger partial charge in [-0.2, -0.15) is 0 Å². The highest BCUT2D eigenvalue weighted by Crippen LogP contribution is 2.63. The van der Waals surface area contributed by atoms with Crippen LogP contribution in [0.5, 0.6) is 0 Å². The van der Waals surface area contributed by atoms with Crippen LogP contribution >= 0.6 is 0 Å². The maximum atomic E-state index is 3.69. The summed E-state index contributed by atoms with van der Waals surface area (Å²) in [6.45, 7) is 12.0. The third kappa shape index (κ3) is 3.29. The van der Waals surface area contributed by atoms with Crippen LogP contribution in [0.2, 0.25) is 0 Å². The highest BCUT2D eigenvalue weighted by atomic mass is 14.9. The van der Waals surface area contributed by atoms with Crippen molar-refractivity contribution in [3.05, 3.63) is 0 Å². The van der Waals surface area contributed by atoms with E-state index in [-0.39, 0.29) is 0 Å². The minimum atomic E-state index is 0.610. The maximum Gasteiger partial charge on any atom is -0.00122 e. The van der Waals surface area contributed by atoms with Gasteiger partial charge >= 0.3 is 0 Å². The molecule has 0 amide bonds. The average Bonchev–Trinajstić information content (AvgIpc) is 2.91. The zero-order valence-electron chi connectivity index (χ0n) is 13.0. The van der Waals surface area contributed by atoms with E-state index < -0.39 is 0 Å². The molecule has 0 aromatic carbocycles. The van der Waals surface area contributed by atoms with Gasteiger partial charge in [0.1, 0.15) is 0 Å². The molecular formula is C17H33N. The molecule has 2 fully saturated rings. The first-order chi connectivity index (χ1) is 8.53. The predicted molar refractivity (Wildman–Crippen MR) is 79.7 cm³/mol. The van der Waals surface area contributed by atoms with Crippen LogP contribution in [-0.2, 0) is 0 Å². The minimum absolute atomic E-state index is 0.610. The monoisotopic (exact) mass is 251 g/mol. The van der Waals surface area contributed by atoms with E-state index in [1.54, 1.807) is 0 Å². The second-order valence-corrected chi connectivity index (χ2v) is 7.76. The Morgan fingerprint density at radius 1 is 1.06 bits per heavy atom. The lowest BCUT2D eigenvalue weighted by atomic mass is 9.90. The first kappa shape index (κ1) is 14.4. The molecule has 2 aliphatic rings. The maximum absolute atomic E-state index is 3.69. The number of nitrogens with one attached hydrogen (secondary N) is 1. The summed E-state index contributed by atoms with van der Waals surface area (Å²) in [6, 6.07) is 0. The van der Waals surface area contributed by atoms with Crippen molar-refractivity contribution in [2.24, 2.45) is 29.1 Å². The highest BCUT2D eigenvalue weighted by Gasteiger charge is 2.59. The molecule has 0 bridgehead atoms. The molecule has 0 spiro atoms. The van der Waals surface area contributed by atoms with Crippen molar-refractivity contribution >= 4 is 0 Å². The van der Waals surface area contributed by atoms with Crippen LogP contribution < -0.4 is 5.32 Å². The molecule has 1 nitrogen and oxygen atoms in total. The lowest BCUT2D eigenvalue weighted by molar-refractivity contribution is 0.350. The van der Waals surface area contributed by atoms with Crippen LogP contribution in [-0.4, -0.2) is 13.1 Å². The van der Waals surface area contributed by atoms with Crippen molar-refractivity contribution in [3.63, 3.8) is 0 Å². The molecule has 18 heavy (non-hydrogen) atoms. The van der Waals surface area contributed by atoms with Gasteiger partial charge < -0.3 is 5.32 Å². The molecule has 0 aromatic heterocycles. The third-order valence-electron chi connectivity index (χ3n) is 5.46. The van der Waals surface area contributed by atoms with Gasteiger partial charge in [0.15, 0.2) is 0 Å². The lowest BCUT2D eigenvalue weighted by Crippen LogP contribution is -2.23. The first-order valence-corrected chi connectivity index (χ1v) is 8.24. The Bertz CT molecular complexity index is 248. The van der Waals surface area contributed by atoms with E-state index in [4.69, 9.17) is 0 Å². The van der Waals surface area contributed by atoms with E-state index in [2.05, 4.69) is 33.0 Å². The van der Waals surface area contributed by atoms with Crippen LogP contribution in [0, 0.1) is 29.1 Å². The second-order valence-electron chi connectivity index (χ2n) is 7.76. The highest BCUT2D eigenvalue weighted by molar-refractivity contribution is 5.08. The summed E-state index contributed by atoms with van der Waals surface area (Å²) in [7, 11) is 0. The van der Waals surface area contributed by atoms with Crippen LogP contribution in [0.3, 0.4) is 0 Å². The summed E-state index contributed by atoms with van der Waals surface area (Å²) < 4.78 is 0. The normalized spacial score (nSPS) is 32.5. The van der Waals surface area contributed by atoms with Gasteiger partial charge in [0.25, 0.3) is 0 Å². The van der Waals surface area contributed by atoms with Crippen LogP contribution in [0.15, 0.2) is 0 Å². The summed E-state index contributed by atoms with van der Waals surface area (Å²) in [4.78, 5) is 0. The Balaban J connectivity index is 1.81. The standard InChI is InChI=1S/C17H33N/c1-13(2)11-18-12-15-16(17(15,3)4)14-9-7-5-6-8-10-14/h13-16,18H,5-12H2,1-4H3. The van der Waals surface area contributed by atoms with Crippen LogP contribution in [0.1, 0.15) is 66.2 Å². The number of hydrogen-bond acceptors (Lipinski definition) is 1. The SMILES string of the molecule is CC(C)CNCC1C(C2CCCCCC2)C1(C)C. The third-order valence-corrected chi connectivity index (χ3v) is 5.46. The van der Waals surface area contributed by atoms with Gasteiger partial charge in [-0.1, -0.05) is 66.2 Å². The lowest BCUT2D eigenvalue weighted by Gasteiger charge is -2.15. The molecule has 1 heteroatoms. The molecule has 2 atom stereocenters. The Kier molecular flexibility index (Phi) is 4.75. The molecule has 2 saturated carbocycles. The second kappa shape index (κ2) is 5.94. The van der Waals surface area contributed by atoms with Crippen molar-refractivity contribution in [1.82, 2.24) is 5.32 Å². The van der Waals surface area contributed by atoms with Gasteiger partial charge in [-0.15, -0.1) is 0 Å². The largest absolute Gasteiger partial charge is 0.316 e. The van der Waals surface area contributed by atoms with Crippen LogP contribution in [0.25, 0.3) is 0 Å². The summed E-state index contributed by atoms with van der Waals surface area (Å²) in [5, 5.41) is 3.69. The molecule has 0 aromatic rings. The van der Waals surface area contributed by atoms with Gasteiger partial charge in [0, 0.05) is 0 Å². The minimum Gasteiger partial charge on any atom is -0.316 e. The fourth-order valence-corrected chi connectivity index (χ4v) is 4.31. The molecule has 1 N–H and O–H groups in total. The Hall–Kier alpha value is -0.0400. The van der Waals surface area contributed by atoms with E-state index in [1.165, 1.54) is 51.6 Å². The van der Waals surface area contributed by atoms with E-state index in [0.29, 0.717) is 5.41 Å². The molecule has 106 valence electrons. The van der Waals surface area contributed by atoms with Crippen molar-refractivity contribution in [2.75, 3.05) is 13.1 Å². The van der Waals surface area contributed by atoms with E-state index in [1.807, 2.05) is 0 Å². The fourth-order valence-electron chi connectivity index (χ4n) is 4.31. The molecule has 2 aliphatic carbocycles. The average molecular weight is 251 g/mol. The number of hydrogen-bond donors (Lipinski definition) is 1. The molecule has 0 heterocycles. The summed E-state index contributed by atoms with van der Waals surface area (Å²) in [5.74, 6) is 3.77. The van der Waals surface area contributed by atoms with Crippen LogP contribution in [0.4, 0.5) is 0 Å². The van der Waals surface area contributed by atoms with Crippen molar-refractivity contribution in [2.45, 2.75) is 66.2 Å². The smallest absolute Gasteiger partial charge is 0.00122 e. The zero-order chi connectivity index (χ0) is 13.2. The summed E-state index contributed by atoms with van der Waals surface area (Å²) in [5.41, 5.74) is 0.610. The Labute approximate surface area is 114 Å². The van der Waals surface area contributed by atoms with Gasteiger partial charge in [-0.05, 0) is 42.2 Å². The van der Waals surface area contributed by atoms with Crippen molar-refractivity contribution < 1.29 is 0 Å². The summed E-state index contributed by atoms with van der Waals surface area (Å²) in [6.07, 6.45) is 8.97. The number of rotatable bonds is 5. The molecule has 0 saturated heterocycles. The molecule has 2 unspecified atom stereocenters. The van der Waals surface area contributed by atoms with Crippen molar-refractivity contribution in [3.8, 4) is 0 Å². The van der Waals surface area contributed by atoms with E-state index in [0.717, 1.165) is 23.7 Å². The quantitative estimate of drug-likeness (QED) is 0.711. The van der Waals surface area contributed by atoms with Gasteiger partial charge in [-0.3, -0.25) is 0 Å². The topological polar surface area (TPSA) is 12.0 Å². The van der Waals surface area contributed by atoms with E-state index in [9.17, 15) is 0 Å². The fraction of sp³-hybridized carbons (Fsp3) is 1.00. The Morgan fingerprint density at radius 3 is 2.22 bits per heavy atom. The molecule has 2 rings (SSSR count). The molecular weight excluding hydrogens is 218 g/mol. The predicted octanol–water partition coefficient (Wildman–Crippen LogP) is 4.47. The van der Waals surface area contributed by atoms with E-state index >= 15 is 0 Å². The first-order valence-electron chi connectivity index (χ1n) is 8.24. The molecule has 0 aliphatic heterocycles. The molecule has 0 radical (unpaired) electrons. The van der Waals surface area contributed by atoms with Gasteiger partial charge in [0.05, 0.1) is 0 Å². The van der Waals surface area contributed by atoms with Gasteiger partial charge in [-0.25, -0.2) is 0 Å². The summed E-state index contributed by atoms with van der Waals surface area (Å²) >= 11 is 0. The van der Waals surface area contributed by atoms with Gasteiger partial charge in [0.2, 0.25) is 0 Å². The Morgan fingerprint density at radius 2 is 1.67 bits per heavy atom.